The molecule has 0 fully saturated rings. The van der Waals surface area contributed by atoms with E-state index in [9.17, 15) is 9.18 Å². The molecule has 2 rings (SSSR count). The number of hydrogen-bond acceptors (Lipinski definition) is 2. The molecular weight excluding hydrogens is 243 g/mol. The Kier molecular flexibility index (Phi) is 4.13. The van der Waals surface area contributed by atoms with E-state index >= 15 is 0 Å². The second-order valence-corrected chi connectivity index (χ2v) is 4.23. The highest BCUT2D eigenvalue weighted by Crippen LogP contribution is 2.11. The molecule has 2 N–H and O–H groups in total. The van der Waals surface area contributed by atoms with Crippen LogP contribution in [0.25, 0.3) is 0 Å². The fourth-order valence-electron chi connectivity index (χ4n) is 1.63. The third kappa shape index (κ3) is 3.81. The fourth-order valence-corrected chi connectivity index (χ4v) is 1.63. The second-order valence-electron chi connectivity index (χ2n) is 4.23. The van der Waals surface area contributed by atoms with Crippen molar-refractivity contribution in [2.75, 3.05) is 10.6 Å². The van der Waals surface area contributed by atoms with Gasteiger partial charge in [0.1, 0.15) is 11.9 Å². The Labute approximate surface area is 111 Å². The molecule has 0 aliphatic rings. The number of para-hydroxylation sites is 1. The fraction of sp³-hybridized carbons (Fsp3) is 0.133. The average molecular weight is 258 g/mol. The number of hydrogen-bond donors (Lipinski definition) is 2. The maximum absolute atomic E-state index is 12.8. The largest absolute Gasteiger partial charge is 0.374 e. The second kappa shape index (κ2) is 6.00. The van der Waals surface area contributed by atoms with Gasteiger partial charge in [-0.1, -0.05) is 18.2 Å². The Morgan fingerprint density at radius 2 is 1.63 bits per heavy atom. The topological polar surface area (TPSA) is 41.1 Å². The van der Waals surface area contributed by atoms with Gasteiger partial charge in [-0.15, -0.1) is 0 Å². The lowest BCUT2D eigenvalue weighted by molar-refractivity contribution is -0.116. The van der Waals surface area contributed by atoms with Crippen LogP contribution in [0.1, 0.15) is 6.92 Å². The van der Waals surface area contributed by atoms with E-state index in [0.29, 0.717) is 5.69 Å². The molecule has 2 aromatic carbocycles. The summed E-state index contributed by atoms with van der Waals surface area (Å²) in [7, 11) is 0. The SMILES string of the molecule is CC(Nc1ccc(F)cc1)C(=O)Nc1ccccc1. The van der Waals surface area contributed by atoms with Gasteiger partial charge < -0.3 is 10.6 Å². The van der Waals surface area contributed by atoms with E-state index in [0.717, 1.165) is 5.69 Å². The Balaban J connectivity index is 1.94. The van der Waals surface area contributed by atoms with Crippen molar-refractivity contribution >= 4 is 17.3 Å². The van der Waals surface area contributed by atoms with Gasteiger partial charge in [-0.3, -0.25) is 4.79 Å². The monoisotopic (exact) mass is 258 g/mol. The first-order valence-electron chi connectivity index (χ1n) is 6.03. The molecule has 3 nitrogen and oxygen atoms in total. The molecule has 1 unspecified atom stereocenters. The lowest BCUT2D eigenvalue weighted by Crippen LogP contribution is -2.31. The maximum Gasteiger partial charge on any atom is 0.246 e. The summed E-state index contributed by atoms with van der Waals surface area (Å²) in [6.07, 6.45) is 0. The Bertz CT molecular complexity index is 540. The predicted molar refractivity (Wildman–Crippen MR) is 74.6 cm³/mol. The molecule has 2 aromatic rings. The molecule has 1 amide bonds. The zero-order valence-electron chi connectivity index (χ0n) is 10.6. The molecule has 0 aliphatic carbocycles. The minimum atomic E-state index is -0.411. The molecule has 4 heteroatoms. The zero-order chi connectivity index (χ0) is 13.7. The van der Waals surface area contributed by atoms with Gasteiger partial charge in [0.05, 0.1) is 0 Å². The van der Waals surface area contributed by atoms with E-state index in [1.807, 2.05) is 30.3 Å². The first-order valence-corrected chi connectivity index (χ1v) is 6.03. The Morgan fingerprint density at radius 1 is 1.00 bits per heavy atom. The van der Waals surface area contributed by atoms with Crippen LogP contribution >= 0.6 is 0 Å². The molecule has 0 radical (unpaired) electrons. The van der Waals surface area contributed by atoms with Crippen LogP contribution in [-0.4, -0.2) is 11.9 Å². The average Bonchev–Trinajstić information content (AvgIpc) is 2.42. The van der Waals surface area contributed by atoms with Crippen molar-refractivity contribution in [1.29, 1.82) is 0 Å². The lowest BCUT2D eigenvalue weighted by Gasteiger charge is -2.15. The predicted octanol–water partition coefficient (Wildman–Crippen LogP) is 3.26. The maximum atomic E-state index is 12.8. The number of benzene rings is 2. The Morgan fingerprint density at radius 3 is 2.26 bits per heavy atom. The van der Waals surface area contributed by atoms with E-state index in [4.69, 9.17) is 0 Å². The molecule has 0 saturated carbocycles. The van der Waals surface area contributed by atoms with Gasteiger partial charge in [-0.2, -0.15) is 0 Å². The molecule has 0 heterocycles. The molecule has 0 aliphatic heterocycles. The van der Waals surface area contributed by atoms with Crippen LogP contribution in [0.15, 0.2) is 54.6 Å². The van der Waals surface area contributed by atoms with Crippen molar-refractivity contribution in [1.82, 2.24) is 0 Å². The van der Waals surface area contributed by atoms with Gasteiger partial charge in [0.15, 0.2) is 0 Å². The van der Waals surface area contributed by atoms with Crippen molar-refractivity contribution in [3.05, 3.63) is 60.4 Å². The highest BCUT2D eigenvalue weighted by atomic mass is 19.1. The third-order valence-corrected chi connectivity index (χ3v) is 2.66. The standard InChI is InChI=1S/C15H15FN2O/c1-11(17-14-9-7-12(16)8-10-14)15(19)18-13-5-3-2-4-6-13/h2-11,17H,1H3,(H,18,19). The van der Waals surface area contributed by atoms with Gasteiger partial charge in [0.2, 0.25) is 5.91 Å². The van der Waals surface area contributed by atoms with Gasteiger partial charge in [0.25, 0.3) is 0 Å². The van der Waals surface area contributed by atoms with Crippen LogP contribution in [0.3, 0.4) is 0 Å². The number of anilines is 2. The van der Waals surface area contributed by atoms with E-state index in [1.165, 1.54) is 12.1 Å². The van der Waals surface area contributed by atoms with Crippen molar-refractivity contribution in [3.8, 4) is 0 Å². The normalized spacial score (nSPS) is 11.7. The van der Waals surface area contributed by atoms with E-state index < -0.39 is 6.04 Å². The van der Waals surface area contributed by atoms with Crippen molar-refractivity contribution in [3.63, 3.8) is 0 Å². The van der Waals surface area contributed by atoms with Crippen LogP contribution in [0.2, 0.25) is 0 Å². The van der Waals surface area contributed by atoms with Gasteiger partial charge in [-0.05, 0) is 43.3 Å². The first-order chi connectivity index (χ1) is 9.15. The molecule has 1 atom stereocenters. The van der Waals surface area contributed by atoms with E-state index in [2.05, 4.69) is 10.6 Å². The van der Waals surface area contributed by atoms with E-state index in [-0.39, 0.29) is 11.7 Å². The summed E-state index contributed by atoms with van der Waals surface area (Å²) in [6, 6.07) is 14.7. The molecule has 0 saturated heterocycles. The van der Waals surface area contributed by atoms with Crippen molar-refractivity contribution in [2.45, 2.75) is 13.0 Å². The number of carbonyl (C=O) groups excluding carboxylic acids is 1. The number of halogens is 1. The van der Waals surface area contributed by atoms with Crippen molar-refractivity contribution < 1.29 is 9.18 Å². The third-order valence-electron chi connectivity index (χ3n) is 2.66. The summed E-state index contributed by atoms with van der Waals surface area (Å²) in [5.74, 6) is -0.442. The number of carbonyl (C=O) groups is 1. The van der Waals surface area contributed by atoms with Gasteiger partial charge in [0, 0.05) is 11.4 Å². The highest BCUT2D eigenvalue weighted by molar-refractivity contribution is 5.96. The summed E-state index contributed by atoms with van der Waals surface area (Å²) in [5, 5.41) is 5.81. The summed E-state index contributed by atoms with van der Waals surface area (Å²) >= 11 is 0. The van der Waals surface area contributed by atoms with Crippen LogP contribution in [0, 0.1) is 5.82 Å². The molecule has 0 bridgehead atoms. The Hall–Kier alpha value is -2.36. The molecule has 19 heavy (non-hydrogen) atoms. The van der Waals surface area contributed by atoms with Crippen LogP contribution in [0.4, 0.5) is 15.8 Å². The minimum absolute atomic E-state index is 0.143. The first kappa shape index (κ1) is 13.1. The van der Waals surface area contributed by atoms with Gasteiger partial charge in [-0.25, -0.2) is 4.39 Å². The summed E-state index contributed by atoms with van der Waals surface area (Å²) < 4.78 is 12.8. The number of amides is 1. The minimum Gasteiger partial charge on any atom is -0.374 e. The lowest BCUT2D eigenvalue weighted by atomic mass is 10.2. The molecule has 0 spiro atoms. The van der Waals surface area contributed by atoms with Crippen LogP contribution in [-0.2, 0) is 4.79 Å². The highest BCUT2D eigenvalue weighted by Gasteiger charge is 2.12. The van der Waals surface area contributed by atoms with Gasteiger partial charge >= 0.3 is 0 Å². The molecule has 0 aromatic heterocycles. The number of rotatable bonds is 4. The number of nitrogens with one attached hydrogen (secondary N) is 2. The molecular formula is C15H15FN2O. The van der Waals surface area contributed by atoms with Crippen LogP contribution in [0.5, 0.6) is 0 Å². The van der Waals surface area contributed by atoms with E-state index in [1.54, 1.807) is 19.1 Å². The molecule has 98 valence electrons. The zero-order valence-corrected chi connectivity index (χ0v) is 10.6. The quantitative estimate of drug-likeness (QED) is 0.883. The summed E-state index contributed by atoms with van der Waals surface area (Å²) in [5.41, 5.74) is 1.46. The van der Waals surface area contributed by atoms with Crippen LogP contribution < -0.4 is 10.6 Å². The summed E-state index contributed by atoms with van der Waals surface area (Å²) in [4.78, 5) is 11.9. The summed E-state index contributed by atoms with van der Waals surface area (Å²) in [6.45, 7) is 1.75. The smallest absolute Gasteiger partial charge is 0.246 e. The van der Waals surface area contributed by atoms with Crippen molar-refractivity contribution in [2.24, 2.45) is 0 Å².